The molecule has 180 valence electrons. The molecular weight excluding hydrogens is 433 g/mol. The molecule has 0 radical (unpaired) electrons. The zero-order chi connectivity index (χ0) is 24.6. The van der Waals surface area contributed by atoms with E-state index in [2.05, 4.69) is 32.6 Å². The van der Waals surface area contributed by atoms with E-state index in [4.69, 9.17) is 4.74 Å². The standard InChI is InChI=1S/C25H32FN7O/c1-8-14(2)34-25-23(16(4)31-33(25)7)17-11-19-21(28-29-24(19)20(26)12-17)10-9-18-15(3)30-32(6)22(18)13-27-5/h9-12,14,27H,8,13H2,1-7H3,(H,28,29)/b10-9+/t14-/m0/s1. The first-order valence-corrected chi connectivity index (χ1v) is 11.5. The van der Waals surface area contributed by atoms with Gasteiger partial charge in [0.2, 0.25) is 5.88 Å². The summed E-state index contributed by atoms with van der Waals surface area (Å²) in [6.07, 6.45) is 4.80. The van der Waals surface area contributed by atoms with Gasteiger partial charge < -0.3 is 10.1 Å². The number of benzene rings is 1. The summed E-state index contributed by atoms with van der Waals surface area (Å²) in [5.41, 5.74) is 6.33. The number of nitrogens with zero attached hydrogens (tertiary/aromatic N) is 5. The predicted molar refractivity (Wildman–Crippen MR) is 133 cm³/mol. The topological polar surface area (TPSA) is 85.6 Å². The van der Waals surface area contributed by atoms with Crippen molar-refractivity contribution in [2.24, 2.45) is 14.1 Å². The first-order valence-electron chi connectivity index (χ1n) is 11.5. The Kier molecular flexibility index (Phi) is 6.56. The van der Waals surface area contributed by atoms with Crippen LogP contribution < -0.4 is 10.1 Å². The fourth-order valence-electron chi connectivity index (χ4n) is 4.23. The van der Waals surface area contributed by atoms with Gasteiger partial charge in [0, 0.05) is 31.6 Å². The molecule has 0 amide bonds. The predicted octanol–water partition coefficient (Wildman–Crippen LogP) is 4.52. The number of halogens is 1. The molecule has 9 heteroatoms. The van der Waals surface area contributed by atoms with Crippen molar-refractivity contribution in [2.75, 3.05) is 7.05 Å². The highest BCUT2D eigenvalue weighted by atomic mass is 19.1. The molecule has 0 fully saturated rings. The summed E-state index contributed by atoms with van der Waals surface area (Å²) in [6.45, 7) is 8.66. The van der Waals surface area contributed by atoms with Crippen LogP contribution in [-0.4, -0.2) is 42.9 Å². The summed E-state index contributed by atoms with van der Waals surface area (Å²) in [5, 5.41) is 20.1. The quantitative estimate of drug-likeness (QED) is 0.400. The highest BCUT2D eigenvalue weighted by Crippen LogP contribution is 2.37. The first kappa shape index (κ1) is 23.7. The summed E-state index contributed by atoms with van der Waals surface area (Å²) in [4.78, 5) is 0. The summed E-state index contributed by atoms with van der Waals surface area (Å²) >= 11 is 0. The number of aromatic nitrogens is 6. The zero-order valence-electron chi connectivity index (χ0n) is 20.8. The van der Waals surface area contributed by atoms with E-state index >= 15 is 4.39 Å². The summed E-state index contributed by atoms with van der Waals surface area (Å²) in [5.74, 6) is 0.239. The Labute approximate surface area is 198 Å². The van der Waals surface area contributed by atoms with Crippen molar-refractivity contribution in [1.82, 2.24) is 35.1 Å². The second-order valence-corrected chi connectivity index (χ2v) is 8.65. The molecule has 0 unspecified atom stereocenters. The van der Waals surface area contributed by atoms with Crippen LogP contribution in [0.15, 0.2) is 12.1 Å². The number of fused-ring (bicyclic) bond motifs is 1. The van der Waals surface area contributed by atoms with E-state index in [1.54, 1.807) is 4.68 Å². The zero-order valence-corrected chi connectivity index (χ0v) is 20.8. The van der Waals surface area contributed by atoms with Crippen molar-refractivity contribution in [2.45, 2.75) is 46.8 Å². The van der Waals surface area contributed by atoms with Gasteiger partial charge >= 0.3 is 0 Å². The molecule has 0 bridgehead atoms. The molecule has 1 aromatic carbocycles. The van der Waals surface area contributed by atoms with E-state index in [9.17, 15) is 0 Å². The molecule has 0 saturated carbocycles. The molecule has 2 N–H and O–H groups in total. The van der Waals surface area contributed by atoms with Crippen LogP contribution >= 0.6 is 0 Å². The van der Waals surface area contributed by atoms with Crippen LogP contribution in [0.25, 0.3) is 34.2 Å². The molecule has 3 heterocycles. The fraction of sp³-hybridized carbons (Fsp3) is 0.400. The van der Waals surface area contributed by atoms with Crippen LogP contribution in [0.1, 0.15) is 48.6 Å². The third-order valence-electron chi connectivity index (χ3n) is 6.14. The van der Waals surface area contributed by atoms with E-state index in [1.165, 1.54) is 6.07 Å². The second kappa shape index (κ2) is 9.42. The molecule has 0 aliphatic heterocycles. The lowest BCUT2D eigenvalue weighted by atomic mass is 10.0. The van der Waals surface area contributed by atoms with Crippen molar-refractivity contribution in [1.29, 1.82) is 0 Å². The number of aromatic amines is 1. The molecule has 0 aliphatic carbocycles. The summed E-state index contributed by atoms with van der Waals surface area (Å²) in [6, 6.07) is 3.44. The molecular formula is C25H32FN7O. The minimum absolute atomic E-state index is 0.0177. The van der Waals surface area contributed by atoms with Gasteiger partial charge in [-0.1, -0.05) is 6.92 Å². The van der Waals surface area contributed by atoms with E-state index in [0.29, 0.717) is 28.9 Å². The lowest BCUT2D eigenvalue weighted by Crippen LogP contribution is -2.12. The third kappa shape index (κ3) is 4.23. The largest absolute Gasteiger partial charge is 0.474 e. The molecule has 1 atom stereocenters. The lowest BCUT2D eigenvalue weighted by Gasteiger charge is -2.14. The highest BCUT2D eigenvalue weighted by molar-refractivity contribution is 5.93. The summed E-state index contributed by atoms with van der Waals surface area (Å²) in [7, 11) is 5.68. The molecule has 4 aromatic rings. The minimum atomic E-state index is -0.394. The van der Waals surface area contributed by atoms with E-state index in [-0.39, 0.29) is 6.10 Å². The number of aryl methyl sites for hydroxylation is 4. The van der Waals surface area contributed by atoms with Gasteiger partial charge in [-0.3, -0.25) is 9.78 Å². The van der Waals surface area contributed by atoms with Crippen LogP contribution in [0.2, 0.25) is 0 Å². The van der Waals surface area contributed by atoms with E-state index in [0.717, 1.165) is 40.3 Å². The molecule has 3 aromatic heterocycles. The average Bonchev–Trinajstić information content (AvgIpc) is 3.41. The van der Waals surface area contributed by atoms with Crippen LogP contribution in [-0.2, 0) is 20.6 Å². The lowest BCUT2D eigenvalue weighted by molar-refractivity contribution is 0.200. The Morgan fingerprint density at radius 1 is 1.15 bits per heavy atom. The van der Waals surface area contributed by atoms with Gasteiger partial charge in [0.1, 0.15) is 5.52 Å². The maximum Gasteiger partial charge on any atom is 0.220 e. The maximum atomic E-state index is 15.1. The van der Waals surface area contributed by atoms with Gasteiger partial charge in [-0.25, -0.2) is 9.07 Å². The van der Waals surface area contributed by atoms with E-state index in [1.807, 2.05) is 64.8 Å². The SMILES string of the molecule is CC[C@H](C)Oc1c(-c2cc(F)c3n[nH]c(/C=C/c4c(C)nn(C)c4CNC)c3c2)c(C)nn1C. The average molecular weight is 466 g/mol. The van der Waals surface area contributed by atoms with Crippen LogP contribution in [0.4, 0.5) is 4.39 Å². The monoisotopic (exact) mass is 465 g/mol. The minimum Gasteiger partial charge on any atom is -0.474 e. The maximum absolute atomic E-state index is 15.1. The van der Waals surface area contributed by atoms with Gasteiger partial charge in [-0.15, -0.1) is 0 Å². The molecule has 0 spiro atoms. The van der Waals surface area contributed by atoms with Crippen molar-refractivity contribution >= 4 is 23.1 Å². The smallest absolute Gasteiger partial charge is 0.220 e. The Balaban J connectivity index is 1.81. The van der Waals surface area contributed by atoms with Crippen molar-refractivity contribution in [3.05, 3.63) is 46.3 Å². The Morgan fingerprint density at radius 3 is 2.59 bits per heavy atom. The van der Waals surface area contributed by atoms with Crippen LogP contribution in [0, 0.1) is 19.7 Å². The number of ether oxygens (including phenoxy) is 1. The first-order chi connectivity index (χ1) is 16.2. The van der Waals surface area contributed by atoms with Crippen molar-refractivity contribution < 1.29 is 9.13 Å². The number of hydrogen-bond acceptors (Lipinski definition) is 5. The number of H-pyrrole nitrogens is 1. The Bertz CT molecular complexity index is 1360. The van der Waals surface area contributed by atoms with Crippen molar-refractivity contribution in [3.63, 3.8) is 0 Å². The Hall–Kier alpha value is -3.46. The molecule has 8 nitrogen and oxygen atoms in total. The number of hydrogen-bond donors (Lipinski definition) is 2. The van der Waals surface area contributed by atoms with Gasteiger partial charge in [-0.2, -0.15) is 15.3 Å². The number of rotatable bonds is 8. The third-order valence-corrected chi connectivity index (χ3v) is 6.14. The van der Waals surface area contributed by atoms with Gasteiger partial charge in [0.05, 0.1) is 34.4 Å². The number of nitrogens with one attached hydrogen (secondary N) is 2. The molecule has 0 aliphatic rings. The molecule has 0 saturated heterocycles. The van der Waals surface area contributed by atoms with Crippen LogP contribution in [0.3, 0.4) is 0 Å². The van der Waals surface area contributed by atoms with Crippen molar-refractivity contribution in [3.8, 4) is 17.0 Å². The second-order valence-electron chi connectivity index (χ2n) is 8.65. The molecule has 34 heavy (non-hydrogen) atoms. The van der Waals surface area contributed by atoms with Gasteiger partial charge in [0.15, 0.2) is 5.82 Å². The normalized spacial score (nSPS) is 12.8. The van der Waals surface area contributed by atoms with Gasteiger partial charge in [-0.05, 0) is 64.1 Å². The van der Waals surface area contributed by atoms with Gasteiger partial charge in [0.25, 0.3) is 0 Å². The Morgan fingerprint density at radius 2 is 1.88 bits per heavy atom. The highest BCUT2D eigenvalue weighted by Gasteiger charge is 2.21. The fourth-order valence-corrected chi connectivity index (χ4v) is 4.23. The summed E-state index contributed by atoms with van der Waals surface area (Å²) < 4.78 is 24.9. The van der Waals surface area contributed by atoms with Crippen LogP contribution in [0.5, 0.6) is 5.88 Å². The van der Waals surface area contributed by atoms with E-state index < -0.39 is 5.82 Å². The molecule has 4 rings (SSSR count).